The number of hydrogen-bond acceptors (Lipinski definition) is 5. The van der Waals surface area contributed by atoms with Gasteiger partial charge in [-0.3, -0.25) is 0 Å². The molecule has 1 aromatic rings. The Morgan fingerprint density at radius 1 is 1.08 bits per heavy atom. The molecule has 10 heteroatoms. The highest BCUT2D eigenvalue weighted by atomic mass is 32.2. The first kappa shape index (κ1) is 27.3. The highest BCUT2D eigenvalue weighted by molar-refractivity contribution is 7.96. The van der Waals surface area contributed by atoms with Crippen molar-refractivity contribution in [2.75, 3.05) is 24.5 Å². The molecule has 0 unspecified atom stereocenters. The first-order valence-corrected chi connectivity index (χ1v) is 14.3. The molecule has 5 nitrogen and oxygen atoms in total. The standard InChI is InChI=1S/C26H33F3N2O3S2/c1-25(32,26(27,28)29)20-11-13-21(14-12-20)31-16-15-30(18-22(31)17-19-7-3-2-4-8-19)36(33,34)24-10-6-5-9-23(24)35/h5-6,10-14,19,22,32H,2-4,7-9,15-18H2,1H3/t22-,25-/m1/s1. The van der Waals surface area contributed by atoms with Crippen LogP contribution in [0.3, 0.4) is 0 Å². The lowest BCUT2D eigenvalue weighted by Crippen LogP contribution is -2.56. The topological polar surface area (TPSA) is 60.9 Å². The SMILES string of the molecule is C[C@@](O)(c1ccc(N2CCN(S(=O)(=O)C3=CC=CCC3=S)C[C@H]2CC2CCCCC2)cc1)C(F)(F)F. The lowest BCUT2D eigenvalue weighted by molar-refractivity contribution is -0.258. The average molecular weight is 543 g/mol. The number of thiocarbonyl (C=S) groups is 1. The molecular weight excluding hydrogens is 509 g/mol. The third-order valence-corrected chi connectivity index (χ3v) is 10.1. The van der Waals surface area contributed by atoms with E-state index in [1.807, 2.05) is 6.08 Å². The second-order valence-corrected chi connectivity index (χ2v) is 12.6. The number of benzene rings is 1. The molecule has 4 rings (SSSR count). The fourth-order valence-electron chi connectivity index (χ4n) is 5.43. The molecule has 1 N–H and O–H groups in total. The van der Waals surface area contributed by atoms with Gasteiger partial charge in [0.2, 0.25) is 10.0 Å². The number of aliphatic hydroxyl groups is 1. The van der Waals surface area contributed by atoms with Crippen LogP contribution >= 0.6 is 12.2 Å². The smallest absolute Gasteiger partial charge is 0.376 e. The fourth-order valence-corrected chi connectivity index (χ4v) is 7.50. The lowest BCUT2D eigenvalue weighted by atomic mass is 9.84. The Kier molecular flexibility index (Phi) is 8.00. The summed E-state index contributed by atoms with van der Waals surface area (Å²) < 4.78 is 68.3. The van der Waals surface area contributed by atoms with Crippen molar-refractivity contribution in [2.24, 2.45) is 5.92 Å². The van der Waals surface area contributed by atoms with E-state index in [2.05, 4.69) is 4.90 Å². The van der Waals surface area contributed by atoms with Gasteiger partial charge in [0.1, 0.15) is 0 Å². The van der Waals surface area contributed by atoms with Crippen LogP contribution in [-0.4, -0.2) is 54.5 Å². The number of hydrogen-bond donors (Lipinski definition) is 1. The summed E-state index contributed by atoms with van der Waals surface area (Å²) >= 11 is 5.34. The largest absolute Gasteiger partial charge is 0.421 e. The summed E-state index contributed by atoms with van der Waals surface area (Å²) in [6.07, 6.45) is 7.32. The summed E-state index contributed by atoms with van der Waals surface area (Å²) in [6.45, 7) is 1.72. The minimum absolute atomic E-state index is 0.112. The second-order valence-electron chi connectivity index (χ2n) is 10.2. The third kappa shape index (κ3) is 5.56. The van der Waals surface area contributed by atoms with E-state index in [1.165, 1.54) is 22.9 Å². The van der Waals surface area contributed by atoms with Crippen LogP contribution in [0.4, 0.5) is 18.9 Å². The van der Waals surface area contributed by atoms with E-state index in [-0.39, 0.29) is 23.1 Å². The Labute approximate surface area is 216 Å². The van der Waals surface area contributed by atoms with Crippen LogP contribution in [0.2, 0.25) is 0 Å². The van der Waals surface area contributed by atoms with Crippen molar-refractivity contribution in [3.8, 4) is 0 Å². The summed E-state index contributed by atoms with van der Waals surface area (Å²) in [7, 11) is -3.74. The molecule has 2 aliphatic carbocycles. The Hall–Kier alpha value is -1.75. The second kappa shape index (κ2) is 10.6. The number of halogens is 3. The number of alkyl halides is 3. The average Bonchev–Trinajstić information content (AvgIpc) is 2.84. The van der Waals surface area contributed by atoms with Crippen molar-refractivity contribution >= 4 is 32.8 Å². The maximum atomic E-state index is 13.5. The minimum Gasteiger partial charge on any atom is -0.376 e. The van der Waals surface area contributed by atoms with Crippen LogP contribution in [-0.2, 0) is 15.6 Å². The molecule has 198 valence electrons. The molecule has 2 atom stereocenters. The number of allylic oxidation sites excluding steroid dienone is 4. The summed E-state index contributed by atoms with van der Waals surface area (Å²) in [5.74, 6) is 0.483. The van der Waals surface area contributed by atoms with Gasteiger partial charge < -0.3 is 10.0 Å². The van der Waals surface area contributed by atoms with Crippen LogP contribution in [0.15, 0.2) is 47.4 Å². The van der Waals surface area contributed by atoms with Gasteiger partial charge in [0.25, 0.3) is 0 Å². The summed E-state index contributed by atoms with van der Waals surface area (Å²) in [6, 6.07) is 5.69. The van der Waals surface area contributed by atoms with Crippen LogP contribution in [0, 0.1) is 5.92 Å². The Morgan fingerprint density at radius 3 is 2.36 bits per heavy atom. The molecule has 0 aromatic heterocycles. The van der Waals surface area contributed by atoms with Crippen LogP contribution in [0.25, 0.3) is 0 Å². The van der Waals surface area contributed by atoms with E-state index >= 15 is 0 Å². The zero-order valence-corrected chi connectivity index (χ0v) is 22.0. The number of anilines is 1. The molecule has 0 bridgehead atoms. The van der Waals surface area contributed by atoms with Gasteiger partial charge in [-0.15, -0.1) is 0 Å². The molecule has 3 aliphatic rings. The molecule has 36 heavy (non-hydrogen) atoms. The van der Waals surface area contributed by atoms with Gasteiger partial charge in [-0.1, -0.05) is 68.6 Å². The number of nitrogens with zero attached hydrogens (tertiary/aromatic N) is 2. The molecule has 1 aliphatic heterocycles. The van der Waals surface area contributed by atoms with E-state index in [4.69, 9.17) is 12.2 Å². The Bertz CT molecular complexity index is 1120. The minimum atomic E-state index is -4.79. The quantitative estimate of drug-likeness (QED) is 0.484. The third-order valence-electron chi connectivity index (χ3n) is 7.67. The molecule has 0 radical (unpaired) electrons. The Balaban J connectivity index is 1.59. The predicted molar refractivity (Wildman–Crippen MR) is 139 cm³/mol. The zero-order valence-electron chi connectivity index (χ0n) is 20.4. The van der Waals surface area contributed by atoms with E-state index < -0.39 is 21.8 Å². The molecule has 1 saturated heterocycles. The monoisotopic (exact) mass is 542 g/mol. The van der Waals surface area contributed by atoms with Crippen molar-refractivity contribution in [3.63, 3.8) is 0 Å². The summed E-state index contributed by atoms with van der Waals surface area (Å²) in [5.41, 5.74) is -2.44. The van der Waals surface area contributed by atoms with E-state index in [1.54, 1.807) is 24.3 Å². The first-order valence-electron chi connectivity index (χ1n) is 12.5. The first-order chi connectivity index (χ1) is 16.9. The lowest BCUT2D eigenvalue weighted by Gasteiger charge is -2.44. The van der Waals surface area contributed by atoms with Gasteiger partial charge in [-0.25, -0.2) is 8.42 Å². The molecule has 1 aromatic carbocycles. The highest BCUT2D eigenvalue weighted by Gasteiger charge is 2.51. The number of rotatable bonds is 6. The zero-order chi connectivity index (χ0) is 26.1. The Morgan fingerprint density at radius 2 is 1.75 bits per heavy atom. The molecule has 0 amide bonds. The molecule has 1 saturated carbocycles. The van der Waals surface area contributed by atoms with E-state index in [0.717, 1.165) is 44.7 Å². The van der Waals surface area contributed by atoms with E-state index in [9.17, 15) is 26.7 Å². The maximum Gasteiger partial charge on any atom is 0.421 e. The van der Waals surface area contributed by atoms with Crippen molar-refractivity contribution in [1.82, 2.24) is 4.31 Å². The number of piperazine rings is 1. The van der Waals surface area contributed by atoms with Crippen LogP contribution in [0.1, 0.15) is 57.4 Å². The molecule has 2 fully saturated rings. The van der Waals surface area contributed by atoms with Crippen LogP contribution in [0.5, 0.6) is 0 Å². The van der Waals surface area contributed by atoms with Gasteiger partial charge >= 0.3 is 6.18 Å². The van der Waals surface area contributed by atoms with Gasteiger partial charge in [-0.2, -0.15) is 17.5 Å². The summed E-state index contributed by atoms with van der Waals surface area (Å²) in [4.78, 5) is 2.71. The van der Waals surface area contributed by atoms with Crippen molar-refractivity contribution in [3.05, 3.63) is 53.0 Å². The van der Waals surface area contributed by atoms with Crippen molar-refractivity contribution in [1.29, 1.82) is 0 Å². The fraction of sp³-hybridized carbons (Fsp3) is 0.577. The maximum absolute atomic E-state index is 13.5. The van der Waals surface area contributed by atoms with Gasteiger partial charge in [0, 0.05) is 42.6 Å². The van der Waals surface area contributed by atoms with Gasteiger partial charge in [0.05, 0.1) is 4.91 Å². The normalized spacial score (nSPS) is 24.5. The number of sulfonamides is 1. The highest BCUT2D eigenvalue weighted by Crippen LogP contribution is 2.39. The van der Waals surface area contributed by atoms with Gasteiger partial charge in [0.15, 0.2) is 5.60 Å². The predicted octanol–water partition coefficient (Wildman–Crippen LogP) is 5.46. The van der Waals surface area contributed by atoms with Crippen LogP contribution < -0.4 is 4.90 Å². The molecule has 1 heterocycles. The molecule has 0 spiro atoms. The molecular formula is C26H33F3N2O3S2. The van der Waals surface area contributed by atoms with Crippen molar-refractivity contribution in [2.45, 2.75) is 69.7 Å². The van der Waals surface area contributed by atoms with Crippen molar-refractivity contribution < 1.29 is 26.7 Å². The summed E-state index contributed by atoms with van der Waals surface area (Å²) in [5, 5.41) is 10.0. The van der Waals surface area contributed by atoms with Gasteiger partial charge in [-0.05, 0) is 43.0 Å². The van der Waals surface area contributed by atoms with E-state index in [0.29, 0.717) is 30.3 Å².